The monoisotopic (exact) mass is 290 g/mol. The van der Waals surface area contributed by atoms with Gasteiger partial charge in [0, 0.05) is 12.6 Å². The van der Waals surface area contributed by atoms with E-state index in [-0.39, 0.29) is 10.9 Å². The van der Waals surface area contributed by atoms with Crippen LogP contribution in [0.25, 0.3) is 0 Å². The summed E-state index contributed by atoms with van der Waals surface area (Å²) in [6.07, 6.45) is 5.34. The van der Waals surface area contributed by atoms with Gasteiger partial charge in [0.2, 0.25) is 10.0 Å². The zero-order valence-electron chi connectivity index (χ0n) is 11.3. The molecule has 2 unspecified atom stereocenters. The normalized spacial score (nSPS) is 26.9. The molecule has 0 bridgehead atoms. The van der Waals surface area contributed by atoms with Gasteiger partial charge in [-0.05, 0) is 49.8 Å². The summed E-state index contributed by atoms with van der Waals surface area (Å²) in [6, 6.07) is 8.52. The molecule has 2 fully saturated rings. The number of nitriles is 1. The first-order valence-corrected chi connectivity index (χ1v) is 8.59. The second kappa shape index (κ2) is 5.19. The number of piperidine rings is 1. The van der Waals surface area contributed by atoms with E-state index >= 15 is 0 Å². The first kappa shape index (κ1) is 13.6. The van der Waals surface area contributed by atoms with Crippen LogP contribution in [0.15, 0.2) is 29.2 Å². The van der Waals surface area contributed by atoms with Crippen LogP contribution in [-0.2, 0) is 10.0 Å². The van der Waals surface area contributed by atoms with Gasteiger partial charge < -0.3 is 0 Å². The highest BCUT2D eigenvalue weighted by Crippen LogP contribution is 2.39. The van der Waals surface area contributed by atoms with Gasteiger partial charge in [-0.2, -0.15) is 9.57 Å². The first-order chi connectivity index (χ1) is 9.63. The Morgan fingerprint density at radius 3 is 2.80 bits per heavy atom. The molecule has 1 saturated carbocycles. The van der Waals surface area contributed by atoms with Gasteiger partial charge in [0.05, 0.1) is 16.5 Å². The summed E-state index contributed by atoms with van der Waals surface area (Å²) in [6.45, 7) is 0.611. The second-order valence-electron chi connectivity index (χ2n) is 5.66. The number of fused-ring (bicyclic) bond motifs is 1. The Morgan fingerprint density at radius 2 is 2.00 bits per heavy atom. The maximum Gasteiger partial charge on any atom is 0.243 e. The van der Waals surface area contributed by atoms with Crippen LogP contribution >= 0.6 is 0 Å². The van der Waals surface area contributed by atoms with E-state index in [1.165, 1.54) is 6.07 Å². The molecule has 1 aliphatic carbocycles. The van der Waals surface area contributed by atoms with Crippen molar-refractivity contribution in [1.29, 1.82) is 5.26 Å². The average Bonchev–Trinajstić information content (AvgIpc) is 2.95. The Labute approximate surface area is 120 Å². The fourth-order valence-electron chi connectivity index (χ4n) is 3.57. The van der Waals surface area contributed by atoms with Gasteiger partial charge in [0.15, 0.2) is 0 Å². The lowest BCUT2D eigenvalue weighted by Crippen LogP contribution is -2.46. The molecule has 1 heterocycles. The molecule has 0 N–H and O–H groups in total. The Kier molecular flexibility index (Phi) is 3.53. The van der Waals surface area contributed by atoms with Crippen molar-refractivity contribution in [3.63, 3.8) is 0 Å². The fraction of sp³-hybridized carbons (Fsp3) is 0.533. The van der Waals surface area contributed by atoms with Crippen molar-refractivity contribution < 1.29 is 8.42 Å². The average molecular weight is 290 g/mol. The summed E-state index contributed by atoms with van der Waals surface area (Å²) >= 11 is 0. The number of nitrogens with zero attached hydrogens (tertiary/aromatic N) is 2. The SMILES string of the molecule is N#Cc1cccc(S(=O)(=O)N2CCCC3CCCC32)c1. The molecule has 0 amide bonds. The Balaban J connectivity index is 1.96. The van der Waals surface area contributed by atoms with Crippen molar-refractivity contribution in [3.05, 3.63) is 29.8 Å². The Hall–Kier alpha value is -1.38. The van der Waals surface area contributed by atoms with Crippen molar-refractivity contribution in [3.8, 4) is 6.07 Å². The van der Waals surface area contributed by atoms with Crippen molar-refractivity contribution in [2.24, 2.45) is 5.92 Å². The Morgan fingerprint density at radius 1 is 1.20 bits per heavy atom. The number of sulfonamides is 1. The van der Waals surface area contributed by atoms with Gasteiger partial charge in [-0.3, -0.25) is 0 Å². The summed E-state index contributed by atoms with van der Waals surface area (Å²) in [4.78, 5) is 0.254. The van der Waals surface area contributed by atoms with Crippen LogP contribution in [0.3, 0.4) is 0 Å². The number of hydrogen-bond acceptors (Lipinski definition) is 3. The minimum absolute atomic E-state index is 0.166. The largest absolute Gasteiger partial charge is 0.243 e. The molecule has 1 aliphatic heterocycles. The minimum Gasteiger partial charge on any atom is -0.207 e. The molecule has 0 radical (unpaired) electrons. The lowest BCUT2D eigenvalue weighted by molar-refractivity contribution is 0.202. The lowest BCUT2D eigenvalue weighted by atomic mass is 9.94. The lowest BCUT2D eigenvalue weighted by Gasteiger charge is -2.36. The van der Waals surface area contributed by atoms with Gasteiger partial charge in [-0.25, -0.2) is 8.42 Å². The molecular formula is C15H18N2O2S. The fourth-order valence-corrected chi connectivity index (χ4v) is 5.37. The molecule has 0 aromatic heterocycles. The second-order valence-corrected chi connectivity index (χ2v) is 7.55. The van der Waals surface area contributed by atoms with E-state index in [1.807, 2.05) is 6.07 Å². The number of hydrogen-bond donors (Lipinski definition) is 0. The van der Waals surface area contributed by atoms with Gasteiger partial charge in [-0.1, -0.05) is 12.5 Å². The van der Waals surface area contributed by atoms with E-state index in [2.05, 4.69) is 0 Å². The summed E-state index contributed by atoms with van der Waals surface area (Å²) in [5.74, 6) is 0.526. The molecule has 1 saturated heterocycles. The number of benzene rings is 1. The van der Waals surface area contributed by atoms with Crippen LogP contribution in [0.4, 0.5) is 0 Å². The van der Waals surface area contributed by atoms with Gasteiger partial charge in [0.1, 0.15) is 0 Å². The maximum atomic E-state index is 12.8. The molecule has 1 aromatic carbocycles. The molecule has 4 nitrogen and oxygen atoms in total. The van der Waals surface area contributed by atoms with Crippen molar-refractivity contribution in [2.45, 2.75) is 43.0 Å². The molecule has 2 aliphatic rings. The molecular weight excluding hydrogens is 272 g/mol. The quantitative estimate of drug-likeness (QED) is 0.840. The summed E-state index contributed by atoms with van der Waals surface area (Å²) < 4.78 is 27.3. The Bertz CT molecular complexity index is 648. The molecule has 106 valence electrons. The van der Waals surface area contributed by atoms with Gasteiger partial charge >= 0.3 is 0 Å². The van der Waals surface area contributed by atoms with E-state index in [1.54, 1.807) is 22.5 Å². The smallest absolute Gasteiger partial charge is 0.207 e. The van der Waals surface area contributed by atoms with E-state index in [0.717, 1.165) is 32.1 Å². The van der Waals surface area contributed by atoms with E-state index < -0.39 is 10.0 Å². The molecule has 3 rings (SSSR count). The van der Waals surface area contributed by atoms with Crippen LogP contribution < -0.4 is 0 Å². The molecule has 1 aromatic rings. The maximum absolute atomic E-state index is 12.8. The zero-order valence-corrected chi connectivity index (χ0v) is 12.1. The molecule has 0 spiro atoms. The standard InChI is InChI=1S/C15H18N2O2S/c16-11-12-4-1-7-14(10-12)20(18,19)17-9-3-6-13-5-2-8-15(13)17/h1,4,7,10,13,15H,2-3,5-6,8-9H2. The molecule has 5 heteroatoms. The predicted octanol–water partition coefficient (Wildman–Crippen LogP) is 2.51. The summed E-state index contributed by atoms with van der Waals surface area (Å²) in [5.41, 5.74) is 0.394. The third kappa shape index (κ3) is 2.23. The van der Waals surface area contributed by atoms with E-state index in [4.69, 9.17) is 5.26 Å². The van der Waals surface area contributed by atoms with Crippen molar-refractivity contribution in [1.82, 2.24) is 4.31 Å². The predicted molar refractivity (Wildman–Crippen MR) is 75.4 cm³/mol. The van der Waals surface area contributed by atoms with Crippen LogP contribution in [0.2, 0.25) is 0 Å². The van der Waals surface area contributed by atoms with Gasteiger partial charge in [0.25, 0.3) is 0 Å². The highest BCUT2D eigenvalue weighted by molar-refractivity contribution is 7.89. The zero-order chi connectivity index (χ0) is 14.2. The third-order valence-electron chi connectivity index (χ3n) is 4.51. The van der Waals surface area contributed by atoms with Gasteiger partial charge in [-0.15, -0.1) is 0 Å². The third-order valence-corrected chi connectivity index (χ3v) is 6.43. The van der Waals surface area contributed by atoms with Crippen LogP contribution in [0.1, 0.15) is 37.7 Å². The van der Waals surface area contributed by atoms with Crippen LogP contribution in [0.5, 0.6) is 0 Å². The molecule has 20 heavy (non-hydrogen) atoms. The summed E-state index contributed by atoms with van der Waals surface area (Å²) in [7, 11) is -3.47. The topological polar surface area (TPSA) is 61.2 Å². The molecule has 2 atom stereocenters. The van der Waals surface area contributed by atoms with E-state index in [9.17, 15) is 8.42 Å². The first-order valence-electron chi connectivity index (χ1n) is 7.15. The highest BCUT2D eigenvalue weighted by atomic mass is 32.2. The highest BCUT2D eigenvalue weighted by Gasteiger charge is 2.41. The van der Waals surface area contributed by atoms with Crippen molar-refractivity contribution in [2.75, 3.05) is 6.54 Å². The van der Waals surface area contributed by atoms with E-state index in [0.29, 0.717) is 18.0 Å². The minimum atomic E-state index is -3.47. The summed E-state index contributed by atoms with van der Waals surface area (Å²) in [5, 5.41) is 8.93. The number of rotatable bonds is 2. The van der Waals surface area contributed by atoms with Crippen LogP contribution in [-0.4, -0.2) is 25.3 Å². The van der Waals surface area contributed by atoms with Crippen LogP contribution in [0, 0.1) is 17.2 Å². The van der Waals surface area contributed by atoms with Crippen molar-refractivity contribution >= 4 is 10.0 Å².